The number of aliphatic hydroxyl groups excluding tert-OH is 1. The molecule has 2 fully saturated rings. The van der Waals surface area contributed by atoms with Crippen LogP contribution in [0.4, 0.5) is 0 Å². The lowest BCUT2D eigenvalue weighted by molar-refractivity contribution is 0.0280. The molecule has 0 aromatic heterocycles. The van der Waals surface area contributed by atoms with E-state index in [4.69, 9.17) is 34.5 Å². The average molecular weight is 314 g/mol. The minimum Gasteiger partial charge on any atom is -0.394 e. The fourth-order valence-corrected chi connectivity index (χ4v) is 4.14. The Bertz CT molecular complexity index is 445. The van der Waals surface area contributed by atoms with Crippen LogP contribution in [-0.2, 0) is 23.8 Å². The quantitative estimate of drug-likeness (QED) is 0.508. The van der Waals surface area contributed by atoms with Crippen LogP contribution in [0.2, 0.25) is 0 Å². The van der Waals surface area contributed by atoms with Crippen LogP contribution in [0.1, 0.15) is 19.8 Å². The molecule has 0 spiro atoms. The van der Waals surface area contributed by atoms with Crippen molar-refractivity contribution in [3.8, 4) is 0 Å². The molecule has 0 bridgehead atoms. The summed E-state index contributed by atoms with van der Waals surface area (Å²) in [5.41, 5.74) is 0. The Morgan fingerprint density at radius 1 is 1.19 bits per heavy atom. The van der Waals surface area contributed by atoms with Gasteiger partial charge >= 0.3 is 0 Å². The summed E-state index contributed by atoms with van der Waals surface area (Å²) in [6.07, 6.45) is 0.194. The molecule has 0 aromatic carbocycles. The Morgan fingerprint density at radius 2 is 1.81 bits per heavy atom. The van der Waals surface area contributed by atoms with E-state index < -0.39 is 22.2 Å². The van der Waals surface area contributed by atoms with Gasteiger partial charge in [0, 0.05) is 17.9 Å². The maximum Gasteiger partial charge on any atom is 0.267 e. The predicted octanol–water partition coefficient (Wildman–Crippen LogP) is -0.856. The molecule has 2 aliphatic heterocycles. The van der Waals surface area contributed by atoms with Gasteiger partial charge in [-0.1, -0.05) is 6.92 Å². The molecule has 6 unspecified atom stereocenters. The van der Waals surface area contributed by atoms with Crippen LogP contribution in [0.3, 0.4) is 0 Å². The molecule has 6 nitrogen and oxygen atoms in total. The van der Waals surface area contributed by atoms with E-state index in [0.717, 1.165) is 0 Å². The molecule has 21 heavy (non-hydrogen) atoms. The van der Waals surface area contributed by atoms with Gasteiger partial charge in [0.2, 0.25) is 0 Å². The molecule has 2 heterocycles. The zero-order chi connectivity index (χ0) is 15.6. The Kier molecular flexibility index (Phi) is 5.76. The lowest BCUT2D eigenvalue weighted by Crippen LogP contribution is -2.30. The number of hydrogen-bond donors (Lipinski definition) is 1. The van der Waals surface area contributed by atoms with E-state index in [1.165, 1.54) is 0 Å². The standard InChI is InChI=1S/C12H20B2O6S/c1-7-2-11(13)20-10(7)5-18-21(16,17)6-8-3-12(14)19-9(8)4-15/h7-12,15H,2-6H2,1H3. The number of ether oxygens (including phenoxy) is 2. The highest BCUT2D eigenvalue weighted by molar-refractivity contribution is 7.86. The maximum absolute atomic E-state index is 12.0. The van der Waals surface area contributed by atoms with E-state index >= 15 is 0 Å². The van der Waals surface area contributed by atoms with Crippen molar-refractivity contribution in [3.63, 3.8) is 0 Å². The molecule has 1 N–H and O–H groups in total. The second kappa shape index (κ2) is 7.00. The second-order valence-corrected chi connectivity index (χ2v) is 7.51. The molecular weight excluding hydrogens is 294 g/mol. The van der Waals surface area contributed by atoms with Gasteiger partial charge in [0.05, 0.1) is 31.2 Å². The number of aliphatic hydroxyl groups is 1. The van der Waals surface area contributed by atoms with Gasteiger partial charge in [0.25, 0.3) is 10.1 Å². The summed E-state index contributed by atoms with van der Waals surface area (Å²) in [6, 6.07) is -0.908. The molecule has 0 aliphatic carbocycles. The number of hydrogen-bond acceptors (Lipinski definition) is 6. The highest BCUT2D eigenvalue weighted by Gasteiger charge is 2.36. The summed E-state index contributed by atoms with van der Waals surface area (Å²) in [5.74, 6) is -0.429. The third kappa shape index (κ3) is 4.69. The van der Waals surface area contributed by atoms with Gasteiger partial charge in [-0.25, -0.2) is 0 Å². The van der Waals surface area contributed by atoms with E-state index in [1.807, 2.05) is 6.92 Å². The monoisotopic (exact) mass is 314 g/mol. The molecule has 0 saturated carbocycles. The first-order chi connectivity index (χ1) is 9.80. The number of rotatable bonds is 6. The molecule has 0 amide bonds. The summed E-state index contributed by atoms with van der Waals surface area (Å²) in [4.78, 5) is 0. The summed E-state index contributed by atoms with van der Waals surface area (Å²) in [6.45, 7) is 1.64. The minimum atomic E-state index is -3.73. The van der Waals surface area contributed by atoms with Gasteiger partial charge in [-0.2, -0.15) is 8.42 Å². The molecule has 2 saturated heterocycles. The fraction of sp³-hybridized carbons (Fsp3) is 1.00. The van der Waals surface area contributed by atoms with Crippen LogP contribution >= 0.6 is 0 Å². The van der Waals surface area contributed by atoms with Crippen LogP contribution in [0.25, 0.3) is 0 Å². The zero-order valence-corrected chi connectivity index (χ0v) is 12.9. The summed E-state index contributed by atoms with van der Waals surface area (Å²) in [7, 11) is 7.54. The van der Waals surface area contributed by atoms with Crippen LogP contribution in [0.15, 0.2) is 0 Å². The van der Waals surface area contributed by atoms with Crippen molar-refractivity contribution in [1.29, 1.82) is 0 Å². The van der Waals surface area contributed by atoms with Gasteiger partial charge in [0.15, 0.2) is 0 Å². The molecule has 6 atom stereocenters. The van der Waals surface area contributed by atoms with E-state index in [9.17, 15) is 8.42 Å². The third-order valence-electron chi connectivity index (χ3n) is 4.01. The normalized spacial score (nSPS) is 40.7. The largest absolute Gasteiger partial charge is 0.394 e. The average Bonchev–Trinajstić information content (AvgIpc) is 2.88. The second-order valence-electron chi connectivity index (χ2n) is 5.83. The van der Waals surface area contributed by atoms with Crippen LogP contribution in [0, 0.1) is 11.8 Å². The zero-order valence-electron chi connectivity index (χ0n) is 12.1. The summed E-state index contributed by atoms with van der Waals surface area (Å²) >= 11 is 0. The highest BCUT2D eigenvalue weighted by atomic mass is 32.2. The molecule has 116 valence electrons. The van der Waals surface area contributed by atoms with Crippen molar-refractivity contribution in [2.24, 2.45) is 11.8 Å². The molecule has 9 heteroatoms. The highest BCUT2D eigenvalue weighted by Crippen LogP contribution is 2.28. The minimum absolute atomic E-state index is 0.0410. The smallest absolute Gasteiger partial charge is 0.267 e. The first-order valence-electron chi connectivity index (χ1n) is 7.10. The Hall–Kier alpha value is -0.0801. The van der Waals surface area contributed by atoms with E-state index in [2.05, 4.69) is 0 Å². The Balaban J connectivity index is 1.84. The topological polar surface area (TPSA) is 82.1 Å². The fourth-order valence-electron chi connectivity index (χ4n) is 2.83. The molecule has 4 radical (unpaired) electrons. The maximum atomic E-state index is 12.0. The third-order valence-corrected chi connectivity index (χ3v) is 5.34. The molecule has 2 rings (SSSR count). The van der Waals surface area contributed by atoms with Gasteiger partial charge < -0.3 is 14.6 Å². The van der Waals surface area contributed by atoms with Gasteiger partial charge in [-0.15, -0.1) is 0 Å². The molecular formula is C12H20B2O6S. The molecule has 0 aromatic rings. The van der Waals surface area contributed by atoms with Crippen LogP contribution in [0.5, 0.6) is 0 Å². The van der Waals surface area contributed by atoms with Crippen LogP contribution < -0.4 is 0 Å². The first-order valence-corrected chi connectivity index (χ1v) is 8.68. The summed E-state index contributed by atoms with van der Waals surface area (Å²) < 4.78 is 39.7. The van der Waals surface area contributed by atoms with Crippen molar-refractivity contribution in [2.45, 2.75) is 44.0 Å². The van der Waals surface area contributed by atoms with Crippen molar-refractivity contribution < 1.29 is 27.2 Å². The van der Waals surface area contributed by atoms with E-state index in [0.29, 0.717) is 12.8 Å². The van der Waals surface area contributed by atoms with Gasteiger partial charge in [0.1, 0.15) is 15.7 Å². The van der Waals surface area contributed by atoms with Gasteiger partial charge in [-0.3, -0.25) is 4.18 Å². The van der Waals surface area contributed by atoms with Crippen LogP contribution in [-0.4, -0.2) is 72.4 Å². The summed E-state index contributed by atoms with van der Waals surface area (Å²) in [5, 5.41) is 9.17. The predicted molar refractivity (Wildman–Crippen MR) is 77.5 cm³/mol. The van der Waals surface area contributed by atoms with E-state index in [-0.39, 0.29) is 42.9 Å². The van der Waals surface area contributed by atoms with Crippen molar-refractivity contribution in [1.82, 2.24) is 0 Å². The van der Waals surface area contributed by atoms with Crippen molar-refractivity contribution in [3.05, 3.63) is 0 Å². The van der Waals surface area contributed by atoms with Gasteiger partial charge in [-0.05, 0) is 18.8 Å². The lowest BCUT2D eigenvalue weighted by Gasteiger charge is -2.18. The lowest BCUT2D eigenvalue weighted by atomic mass is 9.92. The Morgan fingerprint density at radius 3 is 2.38 bits per heavy atom. The molecule has 2 aliphatic rings. The Labute approximate surface area is 128 Å². The van der Waals surface area contributed by atoms with E-state index in [1.54, 1.807) is 0 Å². The van der Waals surface area contributed by atoms with Crippen molar-refractivity contribution >= 4 is 25.8 Å². The first kappa shape index (κ1) is 17.3. The SMILES string of the molecule is [B]C1CC(C)C(COS(=O)(=O)CC2CC([B])OC2CO)O1. The van der Waals surface area contributed by atoms with Crippen molar-refractivity contribution in [2.75, 3.05) is 19.0 Å².